The van der Waals surface area contributed by atoms with Crippen LogP contribution in [0.15, 0.2) is 72.8 Å². The molecule has 2 N–H and O–H groups in total. The normalized spacial score (nSPS) is 13.3. The summed E-state index contributed by atoms with van der Waals surface area (Å²) in [5.41, 5.74) is 7.53. The highest BCUT2D eigenvalue weighted by molar-refractivity contribution is 5.94. The number of benzene rings is 3. The van der Waals surface area contributed by atoms with E-state index in [1.807, 2.05) is 59.8 Å². The second-order valence-corrected chi connectivity index (χ2v) is 9.16. The highest BCUT2D eigenvalue weighted by Gasteiger charge is 2.24. The molecule has 0 saturated heterocycles. The fraction of sp³-hybridized carbons (Fsp3) is 0.172. The minimum absolute atomic E-state index is 0.0428. The molecule has 0 bridgehead atoms. The number of aromatic amines is 1. The van der Waals surface area contributed by atoms with Gasteiger partial charge in [0.25, 0.3) is 5.91 Å². The minimum atomic E-state index is -0.0428. The van der Waals surface area contributed by atoms with Gasteiger partial charge in [-0.15, -0.1) is 0 Å². The number of aromatic nitrogens is 3. The van der Waals surface area contributed by atoms with Gasteiger partial charge in [0.15, 0.2) is 0 Å². The maximum atomic E-state index is 13.6. The first-order chi connectivity index (χ1) is 17.5. The minimum Gasteiger partial charge on any atom is -0.508 e. The zero-order valence-corrected chi connectivity index (χ0v) is 20.2. The van der Waals surface area contributed by atoms with Crippen LogP contribution in [0.1, 0.15) is 21.9 Å². The van der Waals surface area contributed by atoms with Crippen molar-refractivity contribution < 1.29 is 14.6 Å². The van der Waals surface area contributed by atoms with E-state index in [4.69, 9.17) is 4.74 Å². The van der Waals surface area contributed by atoms with Gasteiger partial charge in [-0.3, -0.25) is 4.79 Å². The third kappa shape index (κ3) is 3.88. The lowest BCUT2D eigenvalue weighted by molar-refractivity contribution is 0.0724. The summed E-state index contributed by atoms with van der Waals surface area (Å²) in [6.07, 6.45) is 0. The molecule has 0 fully saturated rings. The van der Waals surface area contributed by atoms with Crippen molar-refractivity contribution in [3.63, 3.8) is 0 Å². The Bertz CT molecular complexity index is 1600. The third-order valence-corrected chi connectivity index (χ3v) is 6.77. The van der Waals surface area contributed by atoms with Gasteiger partial charge < -0.3 is 24.3 Å². The second-order valence-electron chi connectivity index (χ2n) is 9.16. The van der Waals surface area contributed by atoms with Gasteiger partial charge in [0, 0.05) is 24.8 Å². The van der Waals surface area contributed by atoms with Crippen molar-refractivity contribution in [1.29, 1.82) is 0 Å². The topological polar surface area (TPSA) is 83.4 Å². The fourth-order valence-corrected chi connectivity index (χ4v) is 4.87. The van der Waals surface area contributed by atoms with Gasteiger partial charge in [0.05, 0.1) is 17.6 Å². The average Bonchev–Trinajstić information content (AvgIpc) is 3.36. The number of hydrogen-bond donors (Lipinski definition) is 2. The molecule has 1 amide bonds. The summed E-state index contributed by atoms with van der Waals surface area (Å²) < 4.78 is 7.91. The van der Waals surface area contributed by atoms with Gasteiger partial charge in [-0.1, -0.05) is 12.1 Å². The monoisotopic (exact) mass is 478 g/mol. The van der Waals surface area contributed by atoms with E-state index in [1.165, 1.54) is 0 Å². The number of carbonyl (C=O) groups excluding carboxylic acids is 1. The number of rotatable bonds is 3. The molecule has 6 rings (SSSR count). The number of nitrogens with one attached hydrogen (secondary N) is 1. The number of phenolic OH excluding ortho intramolecular Hbond substituents is 1. The lowest BCUT2D eigenvalue weighted by Gasteiger charge is -2.21. The molecule has 0 unspecified atom stereocenters. The van der Waals surface area contributed by atoms with Crippen molar-refractivity contribution in [2.24, 2.45) is 7.05 Å². The first-order valence-electron chi connectivity index (χ1n) is 11.9. The Balaban J connectivity index is 1.29. The summed E-state index contributed by atoms with van der Waals surface area (Å²) in [5.74, 6) is 1.87. The Morgan fingerprint density at radius 2 is 1.72 bits per heavy atom. The molecule has 7 heteroatoms. The summed E-state index contributed by atoms with van der Waals surface area (Å²) in [4.78, 5) is 23.2. The van der Waals surface area contributed by atoms with Crippen LogP contribution in [0.25, 0.3) is 33.4 Å². The van der Waals surface area contributed by atoms with Crippen LogP contribution in [0, 0.1) is 6.92 Å². The largest absolute Gasteiger partial charge is 0.508 e. The molecule has 0 aliphatic carbocycles. The number of H-pyrrole nitrogens is 1. The quantitative estimate of drug-likeness (QED) is 0.369. The number of carbonyl (C=O) groups is 1. The molecule has 1 aliphatic rings. The fourth-order valence-electron chi connectivity index (χ4n) is 4.87. The van der Waals surface area contributed by atoms with Crippen LogP contribution in [-0.4, -0.2) is 43.6 Å². The molecule has 0 radical (unpaired) electrons. The maximum Gasteiger partial charge on any atom is 0.270 e. The molecule has 1 aliphatic heterocycles. The van der Waals surface area contributed by atoms with Crippen molar-refractivity contribution >= 4 is 16.9 Å². The second kappa shape index (κ2) is 8.61. The summed E-state index contributed by atoms with van der Waals surface area (Å²) >= 11 is 0. The Hall–Kier alpha value is -4.52. The number of aromatic hydroxyl groups is 1. The van der Waals surface area contributed by atoms with Crippen LogP contribution in [0.2, 0.25) is 0 Å². The summed E-state index contributed by atoms with van der Waals surface area (Å²) in [7, 11) is 1.89. The molecular formula is C29H26N4O3. The van der Waals surface area contributed by atoms with Crippen LogP contribution in [-0.2, 0) is 13.6 Å². The molecule has 36 heavy (non-hydrogen) atoms. The number of amides is 1. The summed E-state index contributed by atoms with van der Waals surface area (Å²) in [6, 6.07) is 23.1. The lowest BCUT2D eigenvalue weighted by atomic mass is 10.0. The predicted octanol–water partition coefficient (Wildman–Crippen LogP) is 5.28. The Morgan fingerprint density at radius 1 is 0.972 bits per heavy atom. The van der Waals surface area contributed by atoms with E-state index in [0.717, 1.165) is 50.6 Å². The first-order valence-corrected chi connectivity index (χ1v) is 11.9. The third-order valence-electron chi connectivity index (χ3n) is 6.77. The predicted molar refractivity (Wildman–Crippen MR) is 139 cm³/mol. The molecule has 0 atom stereocenters. The van der Waals surface area contributed by atoms with Crippen LogP contribution in [0.3, 0.4) is 0 Å². The van der Waals surface area contributed by atoms with Gasteiger partial charge >= 0.3 is 0 Å². The first kappa shape index (κ1) is 22.0. The van der Waals surface area contributed by atoms with E-state index in [0.29, 0.717) is 25.4 Å². The number of phenols is 1. The van der Waals surface area contributed by atoms with Crippen LogP contribution in [0.4, 0.5) is 0 Å². The maximum absolute atomic E-state index is 13.6. The zero-order chi connectivity index (χ0) is 24.8. The molecule has 5 aromatic rings. The van der Waals surface area contributed by atoms with E-state index < -0.39 is 0 Å². The van der Waals surface area contributed by atoms with Crippen molar-refractivity contribution in [3.8, 4) is 33.9 Å². The molecule has 2 aromatic heterocycles. The lowest BCUT2D eigenvalue weighted by Crippen LogP contribution is -2.33. The Labute approximate surface area is 208 Å². The van der Waals surface area contributed by atoms with Gasteiger partial charge in [-0.2, -0.15) is 0 Å². The number of fused-ring (bicyclic) bond motifs is 2. The Kier molecular flexibility index (Phi) is 5.25. The van der Waals surface area contributed by atoms with Crippen LogP contribution in [0.5, 0.6) is 11.5 Å². The van der Waals surface area contributed by atoms with Gasteiger partial charge in [-0.05, 0) is 84.3 Å². The highest BCUT2D eigenvalue weighted by Crippen LogP contribution is 2.31. The number of imidazole rings is 1. The van der Waals surface area contributed by atoms with Crippen molar-refractivity contribution in [3.05, 3.63) is 89.9 Å². The zero-order valence-electron chi connectivity index (χ0n) is 20.2. The van der Waals surface area contributed by atoms with Crippen molar-refractivity contribution in [1.82, 2.24) is 19.4 Å². The van der Waals surface area contributed by atoms with E-state index in [2.05, 4.69) is 34.2 Å². The van der Waals surface area contributed by atoms with Crippen LogP contribution >= 0.6 is 0 Å². The van der Waals surface area contributed by atoms with Crippen molar-refractivity contribution in [2.75, 3.05) is 13.2 Å². The van der Waals surface area contributed by atoms with E-state index in [-0.39, 0.29) is 11.7 Å². The smallest absolute Gasteiger partial charge is 0.270 e. The van der Waals surface area contributed by atoms with Gasteiger partial charge in [-0.25, -0.2) is 4.98 Å². The highest BCUT2D eigenvalue weighted by atomic mass is 16.5. The molecule has 7 nitrogen and oxygen atoms in total. The molecule has 3 aromatic carbocycles. The standard InChI is InChI=1S/C29H26N4O3/c1-18-30-24-9-5-21(16-25(24)31-18)20-6-12-28-22(15-20)17-33(13-14-36-28)29(35)27-11-10-26(32(27)2)19-3-7-23(34)8-4-19/h3-12,15-16,34H,13-14,17H2,1-2H3,(H,30,31). The molecule has 180 valence electrons. The van der Waals surface area contributed by atoms with E-state index in [1.54, 1.807) is 12.1 Å². The average molecular weight is 479 g/mol. The number of ether oxygens (including phenoxy) is 1. The molecular weight excluding hydrogens is 452 g/mol. The summed E-state index contributed by atoms with van der Waals surface area (Å²) in [6.45, 7) is 3.35. The van der Waals surface area contributed by atoms with Gasteiger partial charge in [0.2, 0.25) is 0 Å². The molecule has 3 heterocycles. The molecule has 0 saturated carbocycles. The van der Waals surface area contributed by atoms with Crippen LogP contribution < -0.4 is 4.74 Å². The number of hydrogen-bond acceptors (Lipinski definition) is 4. The number of nitrogens with zero attached hydrogens (tertiary/aromatic N) is 3. The van der Waals surface area contributed by atoms with Gasteiger partial charge in [0.1, 0.15) is 29.6 Å². The Morgan fingerprint density at radius 3 is 2.56 bits per heavy atom. The van der Waals surface area contributed by atoms with Crippen molar-refractivity contribution in [2.45, 2.75) is 13.5 Å². The van der Waals surface area contributed by atoms with E-state index >= 15 is 0 Å². The van der Waals surface area contributed by atoms with E-state index in [9.17, 15) is 9.90 Å². The SMILES string of the molecule is Cc1nc2ccc(-c3ccc4c(c3)CN(C(=O)c3ccc(-c5ccc(O)cc5)n3C)CCO4)cc2[nH]1. The number of aryl methyl sites for hydroxylation is 1. The summed E-state index contributed by atoms with van der Waals surface area (Å²) in [5, 5.41) is 9.60. The molecule has 0 spiro atoms.